The van der Waals surface area contributed by atoms with Crippen molar-refractivity contribution in [1.82, 2.24) is 0 Å². The molecule has 1 saturated heterocycles. The lowest BCUT2D eigenvalue weighted by atomic mass is 10.1. The van der Waals surface area contributed by atoms with Crippen molar-refractivity contribution < 1.29 is 4.79 Å². The summed E-state index contributed by atoms with van der Waals surface area (Å²) < 4.78 is 0. The van der Waals surface area contributed by atoms with Crippen molar-refractivity contribution in [1.29, 1.82) is 0 Å². The molecule has 138 valence electrons. The van der Waals surface area contributed by atoms with Crippen LogP contribution in [0.1, 0.15) is 19.3 Å². The molecule has 3 nitrogen and oxygen atoms in total. The van der Waals surface area contributed by atoms with Gasteiger partial charge < -0.3 is 10.2 Å². The Hall–Kier alpha value is -2.46. The Morgan fingerprint density at radius 2 is 1.63 bits per heavy atom. The molecule has 3 aromatic carbocycles. The molecule has 0 saturated carbocycles. The van der Waals surface area contributed by atoms with Crippen LogP contribution in [0.5, 0.6) is 0 Å². The number of amides is 1. The van der Waals surface area contributed by atoms with Crippen LogP contribution >= 0.6 is 11.8 Å². The molecule has 4 heteroatoms. The summed E-state index contributed by atoms with van der Waals surface area (Å²) in [6.45, 7) is 2.27. The van der Waals surface area contributed by atoms with E-state index in [9.17, 15) is 4.79 Å². The van der Waals surface area contributed by atoms with Crippen molar-refractivity contribution in [3.8, 4) is 0 Å². The average Bonchev–Trinajstić information content (AvgIpc) is 2.73. The van der Waals surface area contributed by atoms with Crippen LogP contribution in [-0.2, 0) is 4.79 Å². The van der Waals surface area contributed by atoms with Gasteiger partial charge in [-0.3, -0.25) is 4.79 Å². The Bertz CT molecular complexity index is 917. The smallest absolute Gasteiger partial charge is 0.234 e. The second kappa shape index (κ2) is 8.49. The third-order valence-electron chi connectivity index (χ3n) is 4.96. The van der Waals surface area contributed by atoms with Crippen LogP contribution in [0.3, 0.4) is 0 Å². The van der Waals surface area contributed by atoms with E-state index in [0.717, 1.165) is 23.7 Å². The Morgan fingerprint density at radius 1 is 0.889 bits per heavy atom. The number of thioether (sulfide) groups is 1. The molecule has 1 heterocycles. The molecule has 1 amide bonds. The highest BCUT2D eigenvalue weighted by Gasteiger charge is 2.11. The second-order valence-electron chi connectivity index (χ2n) is 6.94. The van der Waals surface area contributed by atoms with Crippen LogP contribution in [-0.4, -0.2) is 24.7 Å². The van der Waals surface area contributed by atoms with E-state index in [1.165, 1.54) is 35.7 Å². The van der Waals surface area contributed by atoms with Crippen molar-refractivity contribution in [2.24, 2.45) is 0 Å². The summed E-state index contributed by atoms with van der Waals surface area (Å²) in [4.78, 5) is 15.8. The van der Waals surface area contributed by atoms with Crippen LogP contribution in [0.15, 0.2) is 71.6 Å². The molecule has 1 aliphatic heterocycles. The molecule has 0 bridgehead atoms. The average molecular weight is 377 g/mol. The quantitative estimate of drug-likeness (QED) is 0.592. The standard InChI is InChI=1S/C23H24N2OS/c26-23(17-27-22-13-8-18-6-2-3-7-19(18)16-22)24-20-9-11-21(12-10-20)25-14-4-1-5-15-25/h2-3,6-13,16H,1,4-5,14-15,17H2,(H,24,26). The lowest BCUT2D eigenvalue weighted by Crippen LogP contribution is -2.29. The Kier molecular flexibility index (Phi) is 5.64. The SMILES string of the molecule is O=C(CSc1ccc2ccccc2c1)Nc1ccc(N2CCCCC2)cc1. The van der Waals surface area contributed by atoms with E-state index in [1.807, 2.05) is 24.3 Å². The van der Waals surface area contributed by atoms with Gasteiger partial charge in [-0.05, 0) is 66.4 Å². The van der Waals surface area contributed by atoms with E-state index in [4.69, 9.17) is 0 Å². The summed E-state index contributed by atoms with van der Waals surface area (Å²) in [6, 6.07) is 22.8. The summed E-state index contributed by atoms with van der Waals surface area (Å²) in [5, 5.41) is 5.43. The molecule has 0 aromatic heterocycles. The van der Waals surface area contributed by atoms with Crippen molar-refractivity contribution in [2.75, 3.05) is 29.1 Å². The maximum atomic E-state index is 12.3. The Labute approximate surface area is 164 Å². The molecule has 0 spiro atoms. The number of benzene rings is 3. The minimum Gasteiger partial charge on any atom is -0.372 e. The number of carbonyl (C=O) groups is 1. The highest BCUT2D eigenvalue weighted by Crippen LogP contribution is 2.25. The first-order chi connectivity index (χ1) is 13.3. The molecule has 27 heavy (non-hydrogen) atoms. The van der Waals surface area contributed by atoms with E-state index in [0.29, 0.717) is 5.75 Å². The third kappa shape index (κ3) is 4.64. The van der Waals surface area contributed by atoms with Crippen LogP contribution in [0.2, 0.25) is 0 Å². The number of hydrogen-bond donors (Lipinski definition) is 1. The lowest BCUT2D eigenvalue weighted by Gasteiger charge is -2.28. The fraction of sp³-hybridized carbons (Fsp3) is 0.261. The highest BCUT2D eigenvalue weighted by molar-refractivity contribution is 8.00. The molecule has 3 aromatic rings. The van der Waals surface area contributed by atoms with Gasteiger partial charge in [0.1, 0.15) is 0 Å². The van der Waals surface area contributed by atoms with Gasteiger partial charge >= 0.3 is 0 Å². The van der Waals surface area contributed by atoms with Crippen molar-refractivity contribution >= 4 is 39.8 Å². The number of rotatable bonds is 5. The van der Waals surface area contributed by atoms with Gasteiger partial charge in [-0.25, -0.2) is 0 Å². The highest BCUT2D eigenvalue weighted by atomic mass is 32.2. The number of nitrogens with one attached hydrogen (secondary N) is 1. The van der Waals surface area contributed by atoms with Crippen molar-refractivity contribution in [3.63, 3.8) is 0 Å². The first kappa shape index (κ1) is 17.9. The molecule has 4 rings (SSSR count). The van der Waals surface area contributed by atoms with E-state index < -0.39 is 0 Å². The zero-order valence-corrected chi connectivity index (χ0v) is 16.2. The molecular weight excluding hydrogens is 352 g/mol. The fourth-order valence-corrected chi connectivity index (χ4v) is 4.26. The predicted molar refractivity (Wildman–Crippen MR) is 116 cm³/mol. The number of nitrogens with zero attached hydrogens (tertiary/aromatic N) is 1. The second-order valence-corrected chi connectivity index (χ2v) is 7.99. The summed E-state index contributed by atoms with van der Waals surface area (Å²) in [7, 11) is 0. The van der Waals surface area contributed by atoms with Gasteiger partial charge in [0.15, 0.2) is 0 Å². The fourth-order valence-electron chi connectivity index (χ4n) is 3.51. The molecular formula is C23H24N2OS. The topological polar surface area (TPSA) is 32.3 Å². The first-order valence-electron chi connectivity index (χ1n) is 9.54. The molecule has 0 atom stereocenters. The summed E-state index contributed by atoms with van der Waals surface area (Å²) in [6.07, 6.45) is 3.87. The number of piperidine rings is 1. The Morgan fingerprint density at radius 3 is 2.41 bits per heavy atom. The van der Waals surface area contributed by atoms with Crippen LogP contribution in [0, 0.1) is 0 Å². The number of fused-ring (bicyclic) bond motifs is 1. The number of anilines is 2. The Balaban J connectivity index is 1.31. The monoisotopic (exact) mass is 376 g/mol. The maximum Gasteiger partial charge on any atom is 0.234 e. The largest absolute Gasteiger partial charge is 0.372 e. The minimum absolute atomic E-state index is 0.0267. The van der Waals surface area contributed by atoms with Gasteiger partial charge in [0, 0.05) is 29.4 Å². The minimum atomic E-state index is 0.0267. The molecule has 1 aliphatic rings. The van der Waals surface area contributed by atoms with Gasteiger partial charge in [0.25, 0.3) is 0 Å². The van der Waals surface area contributed by atoms with Gasteiger partial charge in [0.2, 0.25) is 5.91 Å². The van der Waals surface area contributed by atoms with Crippen LogP contribution < -0.4 is 10.2 Å². The predicted octanol–water partition coefficient (Wildman–Crippen LogP) is 5.56. The molecule has 0 aliphatic carbocycles. The zero-order chi connectivity index (χ0) is 18.5. The van der Waals surface area contributed by atoms with E-state index in [2.05, 4.69) is 52.7 Å². The molecule has 0 unspecified atom stereocenters. The van der Waals surface area contributed by atoms with Crippen molar-refractivity contribution in [2.45, 2.75) is 24.2 Å². The number of carbonyl (C=O) groups excluding carboxylic acids is 1. The zero-order valence-electron chi connectivity index (χ0n) is 15.4. The molecule has 1 fully saturated rings. The molecule has 0 radical (unpaired) electrons. The van der Waals surface area contributed by atoms with Gasteiger partial charge in [-0.2, -0.15) is 0 Å². The maximum absolute atomic E-state index is 12.3. The van der Waals surface area contributed by atoms with Gasteiger partial charge in [-0.1, -0.05) is 30.3 Å². The van der Waals surface area contributed by atoms with Crippen molar-refractivity contribution in [3.05, 3.63) is 66.7 Å². The first-order valence-corrected chi connectivity index (χ1v) is 10.5. The third-order valence-corrected chi connectivity index (χ3v) is 5.96. The van der Waals surface area contributed by atoms with Crippen LogP contribution in [0.25, 0.3) is 10.8 Å². The summed E-state index contributed by atoms with van der Waals surface area (Å²) in [5.74, 6) is 0.436. The van der Waals surface area contributed by atoms with Gasteiger partial charge in [0.05, 0.1) is 5.75 Å². The normalized spacial score (nSPS) is 14.3. The summed E-state index contributed by atoms with van der Waals surface area (Å²) in [5.41, 5.74) is 2.11. The van der Waals surface area contributed by atoms with Crippen LogP contribution in [0.4, 0.5) is 11.4 Å². The molecule has 1 N–H and O–H groups in total. The van der Waals surface area contributed by atoms with E-state index in [1.54, 1.807) is 11.8 Å². The van der Waals surface area contributed by atoms with E-state index in [-0.39, 0.29) is 5.91 Å². The van der Waals surface area contributed by atoms with Gasteiger partial charge in [-0.15, -0.1) is 11.8 Å². The summed E-state index contributed by atoms with van der Waals surface area (Å²) >= 11 is 1.57. The number of hydrogen-bond acceptors (Lipinski definition) is 3. The van der Waals surface area contributed by atoms with E-state index >= 15 is 0 Å². The lowest BCUT2D eigenvalue weighted by molar-refractivity contribution is -0.113.